The summed E-state index contributed by atoms with van der Waals surface area (Å²) in [5, 5.41) is 5.49. The van der Waals surface area contributed by atoms with Crippen molar-refractivity contribution in [3.8, 4) is 5.75 Å². The van der Waals surface area contributed by atoms with Gasteiger partial charge in [-0.1, -0.05) is 17.7 Å². The second kappa shape index (κ2) is 8.56. The molecule has 0 unspecified atom stereocenters. The second-order valence-corrected chi connectivity index (χ2v) is 7.64. The number of nitrogens with zero attached hydrogens (tertiary/aromatic N) is 1. The SMILES string of the molecule is Cc1ccc(Cl)c(OC2(C(=O)[C@@H]3CCCN3NC(=O)CN)CCNCC2)c1. The number of Topliss-reactive ketones (excluding diaryl/α,β-unsaturated/α-hetero) is 1. The minimum atomic E-state index is -0.955. The monoisotopic (exact) mass is 394 g/mol. The maximum atomic E-state index is 13.6. The molecule has 148 valence electrons. The lowest BCUT2D eigenvalue weighted by molar-refractivity contribution is -0.144. The van der Waals surface area contributed by atoms with Crippen molar-refractivity contribution in [3.63, 3.8) is 0 Å². The highest BCUT2D eigenvalue weighted by molar-refractivity contribution is 6.32. The number of halogens is 1. The quantitative estimate of drug-likeness (QED) is 0.670. The number of ketones is 1. The number of rotatable bonds is 6. The first kappa shape index (κ1) is 20.1. The minimum absolute atomic E-state index is 0.00334. The fourth-order valence-electron chi connectivity index (χ4n) is 3.81. The topological polar surface area (TPSA) is 96.7 Å². The van der Waals surface area contributed by atoms with Crippen LogP contribution in [0.1, 0.15) is 31.2 Å². The van der Waals surface area contributed by atoms with E-state index >= 15 is 0 Å². The number of hydrazine groups is 1. The first-order chi connectivity index (χ1) is 12.9. The van der Waals surface area contributed by atoms with Gasteiger partial charge in [-0.25, -0.2) is 5.01 Å². The molecule has 0 aliphatic carbocycles. The predicted molar refractivity (Wildman–Crippen MR) is 104 cm³/mol. The molecule has 1 aromatic carbocycles. The van der Waals surface area contributed by atoms with Crippen molar-refractivity contribution < 1.29 is 14.3 Å². The Morgan fingerprint density at radius 3 is 2.85 bits per heavy atom. The molecule has 1 aromatic rings. The normalized spacial score (nSPS) is 22.4. The molecule has 2 fully saturated rings. The van der Waals surface area contributed by atoms with E-state index in [9.17, 15) is 9.59 Å². The summed E-state index contributed by atoms with van der Waals surface area (Å²) in [5.41, 5.74) is 8.22. The van der Waals surface area contributed by atoms with E-state index in [4.69, 9.17) is 22.1 Å². The van der Waals surface area contributed by atoms with Gasteiger partial charge in [0.25, 0.3) is 0 Å². The van der Waals surface area contributed by atoms with E-state index in [2.05, 4.69) is 10.7 Å². The maximum Gasteiger partial charge on any atom is 0.248 e. The van der Waals surface area contributed by atoms with Crippen molar-refractivity contribution in [1.29, 1.82) is 0 Å². The smallest absolute Gasteiger partial charge is 0.248 e. The Morgan fingerprint density at radius 1 is 1.41 bits per heavy atom. The van der Waals surface area contributed by atoms with Crippen LogP contribution in [0.2, 0.25) is 5.02 Å². The summed E-state index contributed by atoms with van der Waals surface area (Å²) in [4.78, 5) is 25.3. The van der Waals surface area contributed by atoms with E-state index in [1.807, 2.05) is 19.1 Å². The van der Waals surface area contributed by atoms with Crippen LogP contribution in [-0.4, -0.2) is 54.5 Å². The molecule has 0 saturated carbocycles. The van der Waals surface area contributed by atoms with Crippen molar-refractivity contribution in [3.05, 3.63) is 28.8 Å². The number of amides is 1. The summed E-state index contributed by atoms with van der Waals surface area (Å²) in [6.07, 6.45) is 2.64. The van der Waals surface area contributed by atoms with Crippen LogP contribution in [0.15, 0.2) is 18.2 Å². The third-order valence-electron chi connectivity index (χ3n) is 5.26. The van der Waals surface area contributed by atoms with Crippen molar-refractivity contribution in [2.45, 2.75) is 44.2 Å². The van der Waals surface area contributed by atoms with Crippen LogP contribution in [0.25, 0.3) is 0 Å². The molecule has 4 N–H and O–H groups in total. The molecule has 8 heteroatoms. The number of hydrogen-bond donors (Lipinski definition) is 3. The van der Waals surface area contributed by atoms with Crippen molar-refractivity contribution >= 4 is 23.3 Å². The van der Waals surface area contributed by atoms with Gasteiger partial charge in [-0.3, -0.25) is 15.0 Å². The highest BCUT2D eigenvalue weighted by atomic mass is 35.5. The molecular weight excluding hydrogens is 368 g/mol. The van der Waals surface area contributed by atoms with Gasteiger partial charge in [0.15, 0.2) is 11.4 Å². The Labute approximate surface area is 164 Å². The van der Waals surface area contributed by atoms with E-state index in [0.29, 0.717) is 49.7 Å². The number of hydrogen-bond acceptors (Lipinski definition) is 6. The number of carbonyl (C=O) groups excluding carboxylic acids is 2. The summed E-state index contributed by atoms with van der Waals surface area (Å²) in [7, 11) is 0. The lowest BCUT2D eigenvalue weighted by Crippen LogP contribution is -2.60. The van der Waals surface area contributed by atoms with E-state index in [1.54, 1.807) is 11.1 Å². The highest BCUT2D eigenvalue weighted by Crippen LogP contribution is 2.35. The van der Waals surface area contributed by atoms with Crippen LogP contribution in [0, 0.1) is 6.92 Å². The third kappa shape index (κ3) is 4.43. The number of ether oxygens (including phenoxy) is 1. The number of benzene rings is 1. The van der Waals surface area contributed by atoms with Gasteiger partial charge in [0.2, 0.25) is 5.91 Å². The average Bonchev–Trinajstić information content (AvgIpc) is 3.12. The minimum Gasteiger partial charge on any atom is -0.478 e. The lowest BCUT2D eigenvalue weighted by atomic mass is 9.83. The molecule has 27 heavy (non-hydrogen) atoms. The maximum absolute atomic E-state index is 13.6. The Balaban J connectivity index is 1.86. The zero-order valence-corrected chi connectivity index (χ0v) is 16.3. The van der Waals surface area contributed by atoms with Crippen LogP contribution < -0.4 is 21.2 Å². The van der Waals surface area contributed by atoms with Gasteiger partial charge in [-0.2, -0.15) is 0 Å². The molecular formula is C19H27ClN4O3. The Kier molecular flexibility index (Phi) is 6.37. The molecule has 0 spiro atoms. The summed E-state index contributed by atoms with van der Waals surface area (Å²) < 4.78 is 6.32. The largest absolute Gasteiger partial charge is 0.478 e. The van der Waals surface area contributed by atoms with E-state index in [1.165, 1.54) is 0 Å². The van der Waals surface area contributed by atoms with Crippen molar-refractivity contribution in [2.75, 3.05) is 26.2 Å². The zero-order valence-electron chi connectivity index (χ0n) is 15.6. The summed E-state index contributed by atoms with van der Waals surface area (Å²) in [5.74, 6) is 0.232. The van der Waals surface area contributed by atoms with Gasteiger partial charge in [-0.15, -0.1) is 0 Å². The van der Waals surface area contributed by atoms with Gasteiger partial charge in [0.05, 0.1) is 17.6 Å². The second-order valence-electron chi connectivity index (χ2n) is 7.24. The number of aryl methyl sites for hydroxylation is 1. The summed E-state index contributed by atoms with van der Waals surface area (Å²) >= 11 is 6.32. The van der Waals surface area contributed by atoms with E-state index in [-0.39, 0.29) is 18.2 Å². The van der Waals surface area contributed by atoms with Crippen LogP contribution in [0.5, 0.6) is 5.75 Å². The van der Waals surface area contributed by atoms with Crippen molar-refractivity contribution in [2.24, 2.45) is 5.73 Å². The number of carbonyl (C=O) groups is 2. The van der Waals surface area contributed by atoms with E-state index in [0.717, 1.165) is 12.0 Å². The number of nitrogens with one attached hydrogen (secondary N) is 2. The standard InChI is InChI=1S/C19H27ClN4O3/c1-13-4-5-14(20)16(11-13)27-19(6-8-22-9-7-19)18(26)15-3-2-10-24(15)23-17(25)12-21/h4-5,11,15,22H,2-3,6-10,12,21H2,1H3,(H,23,25)/t15-/m0/s1. The lowest BCUT2D eigenvalue weighted by Gasteiger charge is -2.40. The van der Waals surface area contributed by atoms with Crippen LogP contribution in [-0.2, 0) is 9.59 Å². The first-order valence-corrected chi connectivity index (χ1v) is 9.79. The zero-order chi connectivity index (χ0) is 19.4. The van der Waals surface area contributed by atoms with Gasteiger partial charge in [-0.05, 0) is 50.6 Å². The predicted octanol–water partition coefficient (Wildman–Crippen LogP) is 1.17. The molecule has 0 bridgehead atoms. The van der Waals surface area contributed by atoms with Gasteiger partial charge in [0.1, 0.15) is 5.75 Å². The van der Waals surface area contributed by atoms with Crippen LogP contribution in [0.3, 0.4) is 0 Å². The van der Waals surface area contributed by atoms with Gasteiger partial charge < -0.3 is 15.8 Å². The highest BCUT2D eigenvalue weighted by Gasteiger charge is 2.48. The Hall–Kier alpha value is -1.67. The molecule has 2 aliphatic rings. The summed E-state index contributed by atoms with van der Waals surface area (Å²) in [6, 6.07) is 5.14. The third-order valence-corrected chi connectivity index (χ3v) is 5.57. The fraction of sp³-hybridized carbons (Fsp3) is 0.579. The average molecular weight is 395 g/mol. The fourth-order valence-corrected chi connectivity index (χ4v) is 3.97. The molecule has 7 nitrogen and oxygen atoms in total. The first-order valence-electron chi connectivity index (χ1n) is 9.41. The molecule has 0 radical (unpaired) electrons. The Bertz CT molecular complexity index is 706. The number of nitrogens with two attached hydrogens (primary N) is 1. The summed E-state index contributed by atoms with van der Waals surface area (Å²) in [6.45, 7) is 3.86. The van der Waals surface area contributed by atoms with Gasteiger partial charge in [0, 0.05) is 19.4 Å². The van der Waals surface area contributed by atoms with E-state index < -0.39 is 11.6 Å². The molecule has 1 atom stereocenters. The molecule has 1 amide bonds. The Morgan fingerprint density at radius 2 is 2.15 bits per heavy atom. The van der Waals surface area contributed by atoms with Crippen LogP contribution >= 0.6 is 11.6 Å². The molecule has 2 aliphatic heterocycles. The molecule has 2 saturated heterocycles. The number of piperidine rings is 1. The molecule has 3 rings (SSSR count). The van der Waals surface area contributed by atoms with Gasteiger partial charge >= 0.3 is 0 Å². The van der Waals surface area contributed by atoms with Crippen LogP contribution in [0.4, 0.5) is 0 Å². The molecule has 2 heterocycles. The molecule has 0 aromatic heterocycles. The van der Waals surface area contributed by atoms with Crippen molar-refractivity contribution in [1.82, 2.24) is 15.8 Å².